The van der Waals surface area contributed by atoms with Gasteiger partial charge in [-0.2, -0.15) is 5.10 Å². The number of ether oxygens (including phenoxy) is 1. The highest BCUT2D eigenvalue weighted by Gasteiger charge is 2.08. The smallest absolute Gasteiger partial charge is 0.147 e. The van der Waals surface area contributed by atoms with Crippen LogP contribution < -0.4 is 10.2 Å². The van der Waals surface area contributed by atoms with E-state index in [0.717, 1.165) is 20.3 Å². The van der Waals surface area contributed by atoms with Crippen molar-refractivity contribution in [2.45, 2.75) is 19.9 Å². The molecule has 17 heavy (non-hydrogen) atoms. The Morgan fingerprint density at radius 2 is 2.00 bits per heavy atom. The van der Waals surface area contributed by atoms with Crippen LogP contribution in [0.2, 0.25) is 0 Å². The molecule has 3 nitrogen and oxygen atoms in total. The zero-order valence-electron chi connectivity index (χ0n) is 9.83. The lowest BCUT2D eigenvalue weighted by molar-refractivity contribution is 0.409. The Hall–Kier alpha value is -0.260. The fourth-order valence-electron chi connectivity index (χ4n) is 1.09. The molecule has 1 rings (SSSR count). The number of hydrogen-bond acceptors (Lipinski definition) is 3. The summed E-state index contributed by atoms with van der Waals surface area (Å²) in [5.41, 5.74) is 3.94. The van der Waals surface area contributed by atoms with Crippen LogP contribution in [-0.2, 0) is 0 Å². The molecule has 1 aromatic rings. The molecule has 6 heteroatoms. The summed E-state index contributed by atoms with van der Waals surface area (Å²) >= 11 is 6.90. The first-order valence-electron chi connectivity index (χ1n) is 4.86. The summed E-state index contributed by atoms with van der Waals surface area (Å²) in [7, 11) is 1.64. The Morgan fingerprint density at radius 1 is 1.35 bits per heavy atom. The van der Waals surface area contributed by atoms with E-state index < -0.39 is 0 Å². The molecule has 0 aliphatic heterocycles. The van der Waals surface area contributed by atoms with Gasteiger partial charge in [0.25, 0.3) is 0 Å². The first-order chi connectivity index (χ1) is 7.56. The van der Waals surface area contributed by atoms with Gasteiger partial charge in [-0.15, -0.1) is 12.4 Å². The Balaban J connectivity index is 0.00000256. The lowest BCUT2D eigenvalue weighted by Crippen LogP contribution is -2.15. The molecule has 0 aliphatic carbocycles. The van der Waals surface area contributed by atoms with E-state index in [-0.39, 0.29) is 12.4 Å². The standard InChI is InChI=1S/C11H14Br2N2O.ClH/c1-7(2)15-14-6-8-4-5-9(12)11(16-3)10(8)13;/h4-7,15H,1-3H3;1H/b14-6+;. The van der Waals surface area contributed by atoms with Crippen molar-refractivity contribution in [3.63, 3.8) is 0 Å². The molecule has 0 fully saturated rings. The summed E-state index contributed by atoms with van der Waals surface area (Å²) in [5.74, 6) is 0.772. The number of methoxy groups -OCH3 is 1. The zero-order valence-corrected chi connectivity index (χ0v) is 13.8. The third-order valence-electron chi connectivity index (χ3n) is 1.82. The Labute approximate surface area is 125 Å². The fraction of sp³-hybridized carbons (Fsp3) is 0.364. The number of hydrazone groups is 1. The van der Waals surface area contributed by atoms with Gasteiger partial charge in [0, 0.05) is 11.6 Å². The number of halogens is 3. The third kappa shape index (κ3) is 4.85. The number of nitrogens with one attached hydrogen (secondary N) is 1. The second-order valence-corrected chi connectivity index (χ2v) is 5.17. The van der Waals surface area contributed by atoms with Crippen LogP contribution in [0.5, 0.6) is 5.75 Å². The molecule has 0 radical (unpaired) electrons. The van der Waals surface area contributed by atoms with E-state index in [1.54, 1.807) is 13.3 Å². The van der Waals surface area contributed by atoms with E-state index in [1.165, 1.54) is 0 Å². The van der Waals surface area contributed by atoms with Gasteiger partial charge < -0.3 is 10.2 Å². The van der Waals surface area contributed by atoms with Gasteiger partial charge in [0.1, 0.15) is 5.75 Å². The minimum Gasteiger partial charge on any atom is -0.494 e. The van der Waals surface area contributed by atoms with Gasteiger partial charge in [0.15, 0.2) is 0 Å². The zero-order chi connectivity index (χ0) is 12.1. The highest BCUT2D eigenvalue weighted by Crippen LogP contribution is 2.34. The topological polar surface area (TPSA) is 33.6 Å². The molecule has 0 saturated heterocycles. The van der Waals surface area contributed by atoms with E-state index >= 15 is 0 Å². The quantitative estimate of drug-likeness (QED) is 0.627. The second-order valence-electron chi connectivity index (χ2n) is 3.53. The first kappa shape index (κ1) is 16.7. The minimum absolute atomic E-state index is 0. The van der Waals surface area contributed by atoms with Crippen LogP contribution in [-0.4, -0.2) is 19.4 Å². The van der Waals surface area contributed by atoms with Gasteiger partial charge in [-0.3, -0.25) is 0 Å². The van der Waals surface area contributed by atoms with Crippen molar-refractivity contribution < 1.29 is 4.74 Å². The first-order valence-corrected chi connectivity index (χ1v) is 6.45. The molecule has 0 aliphatic rings. The van der Waals surface area contributed by atoms with Gasteiger partial charge in [0.2, 0.25) is 0 Å². The Morgan fingerprint density at radius 3 is 2.53 bits per heavy atom. The highest BCUT2D eigenvalue weighted by molar-refractivity contribution is 9.11. The van der Waals surface area contributed by atoms with E-state index in [2.05, 4.69) is 42.4 Å². The van der Waals surface area contributed by atoms with Crippen LogP contribution in [0.15, 0.2) is 26.2 Å². The largest absolute Gasteiger partial charge is 0.494 e. The molecule has 0 heterocycles. The summed E-state index contributed by atoms with van der Waals surface area (Å²) in [4.78, 5) is 0. The molecule has 0 atom stereocenters. The molecule has 1 N–H and O–H groups in total. The van der Waals surface area contributed by atoms with Crippen molar-refractivity contribution in [3.8, 4) is 5.75 Å². The third-order valence-corrected chi connectivity index (χ3v) is 3.26. The maximum absolute atomic E-state index is 5.27. The average Bonchev–Trinajstić information content (AvgIpc) is 2.22. The van der Waals surface area contributed by atoms with Crippen molar-refractivity contribution in [1.82, 2.24) is 5.43 Å². The fourth-order valence-corrected chi connectivity index (χ4v) is 2.46. The van der Waals surface area contributed by atoms with E-state index in [0.29, 0.717) is 6.04 Å². The lowest BCUT2D eigenvalue weighted by Gasteiger charge is -2.08. The summed E-state index contributed by atoms with van der Waals surface area (Å²) in [6, 6.07) is 4.22. The molecule has 0 aromatic heterocycles. The van der Waals surface area contributed by atoms with Gasteiger partial charge in [-0.25, -0.2) is 0 Å². The van der Waals surface area contributed by atoms with Crippen molar-refractivity contribution >= 4 is 50.5 Å². The number of benzene rings is 1. The molecular formula is C11H15Br2ClN2O. The second kappa shape index (κ2) is 7.95. The normalized spacial score (nSPS) is 10.5. The number of rotatable bonds is 4. The molecule has 0 amide bonds. The molecular weight excluding hydrogens is 371 g/mol. The maximum atomic E-state index is 5.27. The van der Waals surface area contributed by atoms with Crippen LogP contribution in [0.25, 0.3) is 0 Å². The van der Waals surface area contributed by atoms with Crippen LogP contribution >= 0.6 is 44.3 Å². The van der Waals surface area contributed by atoms with Gasteiger partial charge in [-0.05, 0) is 51.8 Å². The predicted octanol–water partition coefficient (Wildman–Crippen LogP) is 3.97. The summed E-state index contributed by atoms with van der Waals surface area (Å²) in [6.45, 7) is 4.07. The van der Waals surface area contributed by atoms with Crippen LogP contribution in [0, 0.1) is 0 Å². The van der Waals surface area contributed by atoms with Gasteiger partial charge in [-0.1, -0.05) is 6.07 Å². The van der Waals surface area contributed by atoms with Crippen LogP contribution in [0.3, 0.4) is 0 Å². The SMILES string of the molecule is COc1c(Br)ccc(/C=N/NC(C)C)c1Br.Cl. The van der Waals surface area contributed by atoms with Gasteiger partial charge in [0.05, 0.1) is 22.3 Å². The van der Waals surface area contributed by atoms with Crippen molar-refractivity contribution in [2.24, 2.45) is 5.10 Å². The molecule has 96 valence electrons. The average molecular weight is 387 g/mol. The monoisotopic (exact) mass is 384 g/mol. The van der Waals surface area contributed by atoms with Crippen molar-refractivity contribution in [3.05, 3.63) is 26.6 Å². The summed E-state index contributed by atoms with van der Waals surface area (Å²) in [5, 5.41) is 4.13. The Bertz CT molecular complexity index is 397. The van der Waals surface area contributed by atoms with Crippen LogP contribution in [0.1, 0.15) is 19.4 Å². The highest BCUT2D eigenvalue weighted by atomic mass is 79.9. The molecule has 0 bridgehead atoms. The van der Waals surface area contributed by atoms with E-state index in [9.17, 15) is 0 Å². The van der Waals surface area contributed by atoms with Crippen molar-refractivity contribution in [1.29, 1.82) is 0 Å². The summed E-state index contributed by atoms with van der Waals surface area (Å²) in [6.07, 6.45) is 1.76. The number of nitrogens with zero attached hydrogens (tertiary/aromatic N) is 1. The molecule has 0 saturated carbocycles. The van der Waals surface area contributed by atoms with E-state index in [4.69, 9.17) is 4.74 Å². The van der Waals surface area contributed by atoms with E-state index in [1.807, 2.05) is 26.0 Å². The van der Waals surface area contributed by atoms with Crippen LogP contribution in [0.4, 0.5) is 0 Å². The predicted molar refractivity (Wildman–Crippen MR) is 81.5 cm³/mol. The molecule has 0 unspecified atom stereocenters. The molecule has 0 spiro atoms. The number of hydrogen-bond donors (Lipinski definition) is 1. The Kier molecular flexibility index (Phi) is 7.83. The maximum Gasteiger partial charge on any atom is 0.147 e. The molecule has 1 aromatic carbocycles. The van der Waals surface area contributed by atoms with Gasteiger partial charge >= 0.3 is 0 Å². The lowest BCUT2D eigenvalue weighted by atomic mass is 10.2. The summed E-state index contributed by atoms with van der Waals surface area (Å²) < 4.78 is 7.07. The minimum atomic E-state index is 0. The van der Waals surface area contributed by atoms with Crippen molar-refractivity contribution in [2.75, 3.05) is 7.11 Å².